The van der Waals surface area contributed by atoms with Crippen LogP contribution in [0, 0.1) is 6.92 Å². The van der Waals surface area contributed by atoms with Crippen LogP contribution in [0.25, 0.3) is 0 Å². The highest BCUT2D eigenvalue weighted by atomic mass is 28.3. The van der Waals surface area contributed by atoms with Crippen LogP contribution in [0.4, 0.5) is 17.1 Å². The van der Waals surface area contributed by atoms with E-state index in [1.807, 2.05) is 0 Å². The van der Waals surface area contributed by atoms with Crippen molar-refractivity contribution in [2.45, 2.75) is 39.7 Å². The SMILES string of the molecule is Cc1cc([Si](C)(C)C)ccc1N1c2ccccc2N(C)[C@@H]1C. The summed E-state index contributed by atoms with van der Waals surface area (Å²) < 4.78 is 0. The van der Waals surface area contributed by atoms with Crippen molar-refractivity contribution in [2.75, 3.05) is 16.8 Å². The predicted octanol–water partition coefficient (Wildman–Crippen LogP) is 4.47. The van der Waals surface area contributed by atoms with Crippen molar-refractivity contribution in [2.24, 2.45) is 0 Å². The highest BCUT2D eigenvalue weighted by Gasteiger charge is 2.32. The Hall–Kier alpha value is -1.74. The van der Waals surface area contributed by atoms with Gasteiger partial charge in [0.25, 0.3) is 0 Å². The lowest BCUT2D eigenvalue weighted by Gasteiger charge is -2.30. The molecule has 2 nitrogen and oxygen atoms in total. The summed E-state index contributed by atoms with van der Waals surface area (Å²) in [5.74, 6) is 0. The van der Waals surface area contributed by atoms with Crippen molar-refractivity contribution in [3.05, 3.63) is 48.0 Å². The second-order valence-electron chi connectivity index (χ2n) is 7.35. The fraction of sp³-hybridized carbons (Fsp3) is 0.368. The molecule has 1 heterocycles. The summed E-state index contributed by atoms with van der Waals surface area (Å²) in [5, 5.41) is 1.53. The Kier molecular flexibility index (Phi) is 3.56. The van der Waals surface area contributed by atoms with Crippen molar-refractivity contribution in [3.63, 3.8) is 0 Å². The van der Waals surface area contributed by atoms with Crippen LogP contribution in [0.15, 0.2) is 42.5 Å². The largest absolute Gasteiger partial charge is 0.353 e. The van der Waals surface area contributed by atoms with Crippen LogP contribution in [0.5, 0.6) is 0 Å². The van der Waals surface area contributed by atoms with Gasteiger partial charge in [0.05, 0.1) is 19.4 Å². The van der Waals surface area contributed by atoms with E-state index in [4.69, 9.17) is 0 Å². The molecule has 0 saturated carbocycles. The van der Waals surface area contributed by atoms with Gasteiger partial charge in [-0.3, -0.25) is 0 Å². The van der Waals surface area contributed by atoms with E-state index < -0.39 is 8.07 Å². The molecule has 0 saturated heterocycles. The molecule has 3 heteroatoms. The third kappa shape index (κ3) is 2.33. The van der Waals surface area contributed by atoms with Crippen molar-refractivity contribution < 1.29 is 0 Å². The van der Waals surface area contributed by atoms with Crippen molar-refractivity contribution in [3.8, 4) is 0 Å². The van der Waals surface area contributed by atoms with Crippen LogP contribution >= 0.6 is 0 Å². The topological polar surface area (TPSA) is 6.48 Å². The minimum absolute atomic E-state index is 0.342. The first-order valence-corrected chi connectivity index (χ1v) is 11.5. The normalized spacial score (nSPS) is 17.8. The van der Waals surface area contributed by atoms with Gasteiger partial charge in [0.15, 0.2) is 0 Å². The van der Waals surface area contributed by atoms with E-state index >= 15 is 0 Å². The van der Waals surface area contributed by atoms with Crippen LogP contribution in [-0.2, 0) is 0 Å². The standard InChI is InChI=1S/C19H26N2Si/c1-14-13-16(22(4,5)6)11-12-17(14)21-15(2)20(3)18-9-7-8-10-19(18)21/h7-13,15H,1-6H3/t15-/m0/s1. The molecule has 0 aliphatic carbocycles. The number of para-hydroxylation sites is 2. The summed E-state index contributed by atoms with van der Waals surface area (Å²) >= 11 is 0. The summed E-state index contributed by atoms with van der Waals surface area (Å²) in [4.78, 5) is 4.81. The molecule has 22 heavy (non-hydrogen) atoms. The average Bonchev–Trinajstić information content (AvgIpc) is 2.71. The van der Waals surface area contributed by atoms with Crippen LogP contribution in [-0.4, -0.2) is 21.3 Å². The van der Waals surface area contributed by atoms with Crippen molar-refractivity contribution >= 4 is 30.3 Å². The third-order valence-corrected chi connectivity index (χ3v) is 6.82. The van der Waals surface area contributed by atoms with Gasteiger partial charge in [-0.25, -0.2) is 0 Å². The molecule has 0 spiro atoms. The van der Waals surface area contributed by atoms with Gasteiger partial charge in [0.1, 0.15) is 6.17 Å². The smallest absolute Gasteiger partial charge is 0.103 e. The molecular weight excluding hydrogens is 284 g/mol. The first-order chi connectivity index (χ1) is 10.3. The molecule has 2 aromatic rings. The van der Waals surface area contributed by atoms with E-state index in [0.717, 1.165) is 0 Å². The molecule has 0 aromatic heterocycles. The molecular formula is C19H26N2Si. The second-order valence-corrected chi connectivity index (χ2v) is 12.4. The summed E-state index contributed by atoms with van der Waals surface area (Å²) in [7, 11) is 0.918. The van der Waals surface area contributed by atoms with E-state index in [2.05, 4.69) is 92.8 Å². The first-order valence-electron chi connectivity index (χ1n) is 8.03. The Morgan fingerprint density at radius 2 is 1.55 bits per heavy atom. The summed E-state index contributed by atoms with van der Waals surface area (Å²) in [6.07, 6.45) is 0.342. The van der Waals surface area contributed by atoms with Crippen LogP contribution < -0.4 is 15.0 Å². The minimum Gasteiger partial charge on any atom is -0.353 e. The zero-order chi connectivity index (χ0) is 16.1. The molecule has 0 unspecified atom stereocenters. The van der Waals surface area contributed by atoms with E-state index in [9.17, 15) is 0 Å². The number of hydrogen-bond acceptors (Lipinski definition) is 2. The van der Waals surface area contributed by atoms with Crippen LogP contribution in [0.2, 0.25) is 19.6 Å². The Morgan fingerprint density at radius 3 is 2.14 bits per heavy atom. The van der Waals surface area contributed by atoms with Gasteiger partial charge in [-0.2, -0.15) is 0 Å². The monoisotopic (exact) mass is 310 g/mol. The van der Waals surface area contributed by atoms with Gasteiger partial charge >= 0.3 is 0 Å². The molecule has 0 amide bonds. The van der Waals surface area contributed by atoms with Gasteiger partial charge in [-0.15, -0.1) is 0 Å². The van der Waals surface area contributed by atoms with Crippen molar-refractivity contribution in [1.82, 2.24) is 0 Å². The fourth-order valence-electron chi connectivity index (χ4n) is 3.27. The first kappa shape index (κ1) is 15.2. The minimum atomic E-state index is -1.26. The maximum Gasteiger partial charge on any atom is 0.103 e. The zero-order valence-corrected chi connectivity index (χ0v) is 15.5. The van der Waals surface area contributed by atoms with E-state index in [1.54, 1.807) is 0 Å². The lowest BCUT2D eigenvalue weighted by Crippen LogP contribution is -2.39. The lowest BCUT2D eigenvalue weighted by molar-refractivity contribution is 0.733. The number of rotatable bonds is 2. The third-order valence-electron chi connectivity index (χ3n) is 4.78. The summed E-state index contributed by atoms with van der Waals surface area (Å²) in [6, 6.07) is 15.7. The molecule has 116 valence electrons. The number of aryl methyl sites for hydroxylation is 1. The van der Waals surface area contributed by atoms with Crippen molar-refractivity contribution in [1.29, 1.82) is 0 Å². The van der Waals surface area contributed by atoms with E-state index in [0.29, 0.717) is 6.17 Å². The summed E-state index contributed by atoms with van der Waals surface area (Å²) in [6.45, 7) is 11.7. The highest BCUT2D eigenvalue weighted by molar-refractivity contribution is 6.88. The Morgan fingerprint density at radius 1 is 0.909 bits per heavy atom. The van der Waals surface area contributed by atoms with Crippen LogP contribution in [0.3, 0.4) is 0 Å². The molecule has 2 aromatic carbocycles. The Balaban J connectivity index is 2.09. The maximum absolute atomic E-state index is 2.46. The van der Waals surface area contributed by atoms with E-state index in [-0.39, 0.29) is 0 Å². The van der Waals surface area contributed by atoms with Crippen LogP contribution in [0.1, 0.15) is 12.5 Å². The van der Waals surface area contributed by atoms with Gasteiger partial charge in [-0.1, -0.05) is 49.1 Å². The molecule has 0 N–H and O–H groups in total. The lowest BCUT2D eigenvalue weighted by atomic mass is 10.1. The van der Waals surface area contributed by atoms with Gasteiger partial charge in [0.2, 0.25) is 0 Å². The molecule has 0 bridgehead atoms. The van der Waals surface area contributed by atoms with Gasteiger partial charge in [0, 0.05) is 12.7 Å². The highest BCUT2D eigenvalue weighted by Crippen LogP contribution is 2.43. The molecule has 0 fully saturated rings. The Bertz CT molecular complexity index is 703. The molecule has 0 radical (unpaired) electrons. The quantitative estimate of drug-likeness (QED) is 0.755. The van der Waals surface area contributed by atoms with E-state index in [1.165, 1.54) is 27.8 Å². The maximum atomic E-state index is 2.46. The molecule has 3 rings (SSSR count). The number of nitrogens with zero attached hydrogens (tertiary/aromatic N) is 2. The summed E-state index contributed by atoms with van der Waals surface area (Å²) in [5.41, 5.74) is 5.31. The number of hydrogen-bond donors (Lipinski definition) is 0. The Labute approximate surface area is 135 Å². The number of benzene rings is 2. The van der Waals surface area contributed by atoms with Gasteiger partial charge < -0.3 is 9.80 Å². The predicted molar refractivity (Wildman–Crippen MR) is 101 cm³/mol. The molecule has 1 aliphatic heterocycles. The second kappa shape index (κ2) is 5.16. The molecule has 1 atom stereocenters. The average molecular weight is 311 g/mol. The van der Waals surface area contributed by atoms with Gasteiger partial charge in [-0.05, 0) is 37.6 Å². The molecule has 1 aliphatic rings. The fourth-order valence-corrected chi connectivity index (χ4v) is 4.50. The number of fused-ring (bicyclic) bond motifs is 1. The number of anilines is 3. The zero-order valence-electron chi connectivity index (χ0n) is 14.5.